The molecule has 2 saturated carbocycles. The molecule has 0 amide bonds. The molecule has 3 fully saturated rings. The number of halogens is 1. The highest BCUT2D eigenvalue weighted by Crippen LogP contribution is 2.44. The molecule has 4 unspecified atom stereocenters. The first kappa shape index (κ1) is 18.7. The largest absolute Gasteiger partial charge is 0.356 e. The lowest BCUT2D eigenvalue weighted by atomic mass is 9.95. The summed E-state index contributed by atoms with van der Waals surface area (Å²) in [6.07, 6.45) is 5.81. The van der Waals surface area contributed by atoms with Gasteiger partial charge in [0, 0.05) is 12.6 Å². The summed E-state index contributed by atoms with van der Waals surface area (Å²) in [6.45, 7) is 1.01. The van der Waals surface area contributed by atoms with Crippen LogP contribution in [-0.2, 0) is 16.4 Å². The normalized spacial score (nSPS) is 32.0. The van der Waals surface area contributed by atoms with Gasteiger partial charge in [-0.3, -0.25) is 0 Å². The second kappa shape index (κ2) is 7.78. The van der Waals surface area contributed by atoms with Crippen LogP contribution in [0.5, 0.6) is 0 Å². The van der Waals surface area contributed by atoms with E-state index in [-0.39, 0.29) is 23.2 Å². The highest BCUT2D eigenvalue weighted by molar-refractivity contribution is 7.91. The van der Waals surface area contributed by atoms with Gasteiger partial charge in [0.1, 0.15) is 5.82 Å². The van der Waals surface area contributed by atoms with Gasteiger partial charge in [0.05, 0.1) is 18.1 Å². The van der Waals surface area contributed by atoms with E-state index in [4.69, 9.17) is 0 Å². The van der Waals surface area contributed by atoms with Gasteiger partial charge >= 0.3 is 0 Å². The van der Waals surface area contributed by atoms with Crippen LogP contribution in [0.4, 0.5) is 4.39 Å². The minimum Gasteiger partial charge on any atom is -0.356 e. The van der Waals surface area contributed by atoms with Gasteiger partial charge in [0.15, 0.2) is 15.8 Å². The van der Waals surface area contributed by atoms with Crippen molar-refractivity contribution >= 4 is 15.8 Å². The zero-order valence-electron chi connectivity index (χ0n) is 15.5. The van der Waals surface area contributed by atoms with Crippen LogP contribution in [0.2, 0.25) is 0 Å². The lowest BCUT2D eigenvalue weighted by Gasteiger charge is -2.26. The van der Waals surface area contributed by atoms with E-state index in [1.165, 1.54) is 37.8 Å². The van der Waals surface area contributed by atoms with Crippen LogP contribution in [0.25, 0.3) is 0 Å². The molecule has 1 saturated heterocycles. The highest BCUT2D eigenvalue weighted by Gasteiger charge is 2.40. The van der Waals surface area contributed by atoms with Crippen LogP contribution < -0.4 is 10.6 Å². The third-order valence-corrected chi connectivity index (χ3v) is 8.09. The molecule has 148 valence electrons. The summed E-state index contributed by atoms with van der Waals surface area (Å²) in [6, 6.07) is 6.93. The Morgan fingerprint density at radius 3 is 2.78 bits per heavy atom. The van der Waals surface area contributed by atoms with Crippen molar-refractivity contribution in [3.63, 3.8) is 0 Å². The number of nitrogens with one attached hydrogen (secondary N) is 2. The Labute approximate surface area is 160 Å². The zero-order valence-corrected chi connectivity index (χ0v) is 16.3. The van der Waals surface area contributed by atoms with E-state index in [9.17, 15) is 12.8 Å². The van der Waals surface area contributed by atoms with Gasteiger partial charge in [-0.05, 0) is 61.1 Å². The first-order valence-corrected chi connectivity index (χ1v) is 11.8. The van der Waals surface area contributed by atoms with Crippen LogP contribution in [0.1, 0.15) is 37.7 Å². The molecule has 1 heterocycles. The number of aliphatic imine (C=N–C) groups is 1. The lowest BCUT2D eigenvalue weighted by molar-refractivity contribution is 0.386. The number of nitrogens with zero attached hydrogens (tertiary/aromatic N) is 1. The van der Waals surface area contributed by atoms with E-state index in [2.05, 4.69) is 15.6 Å². The van der Waals surface area contributed by atoms with Crippen LogP contribution in [0.3, 0.4) is 0 Å². The standard InChI is InChI=1S/C20H28FN3O2S/c21-18-3-1-2-15(9-18)11-22-20(23-12-16-6-7-27(25,26)13-16)24-19-10-14-4-5-17(19)8-14/h1-3,9,14,16-17,19H,4-8,10-13H2,(H2,22,23,24). The van der Waals surface area contributed by atoms with Gasteiger partial charge in [0.25, 0.3) is 0 Å². The molecular formula is C20H28FN3O2S. The Morgan fingerprint density at radius 2 is 2.11 bits per heavy atom. The fraction of sp³-hybridized carbons (Fsp3) is 0.650. The van der Waals surface area contributed by atoms with Crippen LogP contribution in [0.15, 0.2) is 29.3 Å². The summed E-state index contributed by atoms with van der Waals surface area (Å²) in [5.74, 6) is 2.69. The van der Waals surface area contributed by atoms with Crippen molar-refractivity contribution in [3.8, 4) is 0 Å². The fourth-order valence-corrected chi connectivity index (χ4v) is 6.69. The molecular weight excluding hydrogens is 365 g/mol. The number of guanidine groups is 1. The molecule has 1 aromatic carbocycles. The minimum absolute atomic E-state index is 0.135. The predicted octanol–water partition coefficient (Wildman–Crippen LogP) is 2.48. The van der Waals surface area contributed by atoms with Gasteiger partial charge < -0.3 is 10.6 Å². The van der Waals surface area contributed by atoms with Crippen LogP contribution in [-0.4, -0.2) is 38.5 Å². The molecule has 3 aliphatic rings. The van der Waals surface area contributed by atoms with E-state index in [0.29, 0.717) is 31.5 Å². The van der Waals surface area contributed by atoms with Gasteiger partial charge in [-0.2, -0.15) is 0 Å². The highest BCUT2D eigenvalue weighted by atomic mass is 32.2. The summed E-state index contributed by atoms with van der Waals surface area (Å²) in [5.41, 5.74) is 0.826. The molecule has 2 bridgehead atoms. The third kappa shape index (κ3) is 4.81. The van der Waals surface area contributed by atoms with Crippen LogP contribution in [0, 0.1) is 23.6 Å². The maximum atomic E-state index is 13.4. The summed E-state index contributed by atoms with van der Waals surface area (Å²) in [4.78, 5) is 4.66. The number of benzene rings is 1. The van der Waals surface area contributed by atoms with Crippen molar-refractivity contribution in [1.29, 1.82) is 0 Å². The van der Waals surface area contributed by atoms with Crippen molar-refractivity contribution in [3.05, 3.63) is 35.6 Å². The molecule has 2 N–H and O–H groups in total. The van der Waals surface area contributed by atoms with Crippen molar-refractivity contribution in [2.45, 2.75) is 44.7 Å². The molecule has 1 aliphatic heterocycles. The molecule has 0 aromatic heterocycles. The van der Waals surface area contributed by atoms with Crippen molar-refractivity contribution in [1.82, 2.24) is 10.6 Å². The van der Waals surface area contributed by atoms with Gasteiger partial charge in [-0.1, -0.05) is 18.6 Å². The van der Waals surface area contributed by atoms with E-state index in [0.717, 1.165) is 17.4 Å². The number of rotatable bonds is 5. The molecule has 0 radical (unpaired) electrons. The molecule has 4 rings (SSSR count). The molecule has 4 atom stereocenters. The average Bonchev–Trinajstić information content (AvgIpc) is 3.33. The van der Waals surface area contributed by atoms with E-state index < -0.39 is 9.84 Å². The number of hydrogen-bond acceptors (Lipinski definition) is 3. The predicted molar refractivity (Wildman–Crippen MR) is 105 cm³/mol. The molecule has 2 aliphatic carbocycles. The van der Waals surface area contributed by atoms with Gasteiger partial charge in [-0.25, -0.2) is 17.8 Å². The summed E-state index contributed by atoms with van der Waals surface area (Å²) in [5, 5.41) is 6.92. The van der Waals surface area contributed by atoms with E-state index in [1.54, 1.807) is 6.07 Å². The third-order valence-electron chi connectivity index (χ3n) is 6.25. The van der Waals surface area contributed by atoms with Gasteiger partial charge in [0.2, 0.25) is 0 Å². The van der Waals surface area contributed by atoms with Crippen molar-refractivity contribution in [2.24, 2.45) is 22.7 Å². The van der Waals surface area contributed by atoms with Crippen molar-refractivity contribution in [2.75, 3.05) is 18.1 Å². The lowest BCUT2D eigenvalue weighted by Crippen LogP contribution is -2.47. The molecule has 0 spiro atoms. The Balaban J connectivity index is 1.40. The zero-order chi connectivity index (χ0) is 18.9. The quantitative estimate of drug-likeness (QED) is 0.596. The summed E-state index contributed by atoms with van der Waals surface area (Å²) < 4.78 is 36.8. The Morgan fingerprint density at radius 1 is 1.22 bits per heavy atom. The number of fused-ring (bicyclic) bond motifs is 2. The average molecular weight is 394 g/mol. The minimum atomic E-state index is -2.87. The maximum absolute atomic E-state index is 13.4. The Hall–Kier alpha value is -1.63. The number of hydrogen-bond donors (Lipinski definition) is 2. The first-order chi connectivity index (χ1) is 13.0. The van der Waals surface area contributed by atoms with E-state index in [1.807, 2.05) is 6.07 Å². The second-order valence-corrected chi connectivity index (χ2v) is 10.6. The van der Waals surface area contributed by atoms with E-state index >= 15 is 0 Å². The second-order valence-electron chi connectivity index (χ2n) is 8.37. The molecule has 7 heteroatoms. The Bertz CT molecular complexity index is 811. The molecule has 5 nitrogen and oxygen atoms in total. The smallest absolute Gasteiger partial charge is 0.191 e. The maximum Gasteiger partial charge on any atom is 0.191 e. The first-order valence-electron chi connectivity index (χ1n) is 9.96. The number of sulfone groups is 1. The summed E-state index contributed by atoms with van der Waals surface area (Å²) >= 11 is 0. The molecule has 1 aromatic rings. The summed E-state index contributed by atoms with van der Waals surface area (Å²) in [7, 11) is -2.87. The SMILES string of the molecule is O=S1(=O)CCC(CNC(=NCc2cccc(F)c2)NC2CC3CCC2C3)C1. The topological polar surface area (TPSA) is 70.6 Å². The Kier molecular flexibility index (Phi) is 5.39. The van der Waals surface area contributed by atoms with Crippen LogP contribution >= 0.6 is 0 Å². The van der Waals surface area contributed by atoms with Crippen molar-refractivity contribution < 1.29 is 12.8 Å². The van der Waals surface area contributed by atoms with Gasteiger partial charge in [-0.15, -0.1) is 0 Å². The fourth-order valence-electron chi connectivity index (χ4n) is 4.83. The monoisotopic (exact) mass is 393 g/mol. The molecule has 27 heavy (non-hydrogen) atoms.